The third kappa shape index (κ3) is 3.75. The minimum Gasteiger partial charge on any atom is -0.339 e. The van der Waals surface area contributed by atoms with Gasteiger partial charge in [-0.1, -0.05) is 6.07 Å². The molecule has 1 aromatic rings. The fourth-order valence-electron chi connectivity index (χ4n) is 2.46. The normalized spacial score (nSPS) is 16.6. The maximum atomic E-state index is 13.1. The monoisotopic (exact) mass is 266 g/mol. The summed E-state index contributed by atoms with van der Waals surface area (Å²) in [6.07, 6.45) is 2.83. The molecule has 2 rings (SSSR count). The summed E-state index contributed by atoms with van der Waals surface area (Å²) in [5.74, 6) is 5.10. The third-order valence-corrected chi connectivity index (χ3v) is 3.62. The summed E-state index contributed by atoms with van der Waals surface area (Å²) >= 11 is 0. The number of carbonyl (C=O) groups excluding carboxylic acids is 1. The Labute approximate surface area is 112 Å². The van der Waals surface area contributed by atoms with Gasteiger partial charge in [0.1, 0.15) is 5.82 Å². The minimum absolute atomic E-state index is 0.0898. The Balaban J connectivity index is 1.89. The highest BCUT2D eigenvalue weighted by Gasteiger charge is 2.23. The van der Waals surface area contributed by atoms with E-state index in [2.05, 4.69) is 4.84 Å². The molecule has 0 aromatic heterocycles. The van der Waals surface area contributed by atoms with Crippen LogP contribution in [0.5, 0.6) is 0 Å². The van der Waals surface area contributed by atoms with Crippen molar-refractivity contribution in [3.05, 3.63) is 35.6 Å². The van der Waals surface area contributed by atoms with Crippen molar-refractivity contribution < 1.29 is 14.0 Å². The molecule has 0 aliphatic carbocycles. The van der Waals surface area contributed by atoms with Crippen LogP contribution in [0, 0.1) is 11.7 Å². The van der Waals surface area contributed by atoms with Crippen LogP contribution < -0.4 is 5.90 Å². The molecule has 19 heavy (non-hydrogen) atoms. The van der Waals surface area contributed by atoms with Gasteiger partial charge in [0.05, 0.1) is 6.61 Å². The van der Waals surface area contributed by atoms with Gasteiger partial charge in [-0.05, 0) is 43.4 Å². The van der Waals surface area contributed by atoms with E-state index in [1.807, 2.05) is 0 Å². The van der Waals surface area contributed by atoms with Crippen LogP contribution in [-0.4, -0.2) is 30.5 Å². The SMILES string of the molecule is NOCCC1CCN(C(=O)c2cccc(F)c2)CC1. The van der Waals surface area contributed by atoms with Gasteiger partial charge in [-0.2, -0.15) is 0 Å². The minimum atomic E-state index is -0.374. The van der Waals surface area contributed by atoms with Crippen molar-refractivity contribution in [2.45, 2.75) is 19.3 Å². The predicted molar refractivity (Wildman–Crippen MR) is 69.8 cm³/mol. The van der Waals surface area contributed by atoms with Crippen molar-refractivity contribution in [3.8, 4) is 0 Å². The Hall–Kier alpha value is -1.46. The van der Waals surface area contributed by atoms with Crippen LogP contribution >= 0.6 is 0 Å². The first kappa shape index (κ1) is 14.0. The second kappa shape index (κ2) is 6.63. The van der Waals surface area contributed by atoms with Gasteiger partial charge >= 0.3 is 0 Å². The van der Waals surface area contributed by atoms with Crippen LogP contribution in [0.4, 0.5) is 4.39 Å². The Bertz CT molecular complexity index is 431. The first-order valence-corrected chi connectivity index (χ1v) is 6.57. The molecule has 0 radical (unpaired) electrons. The number of amides is 1. The molecule has 0 saturated carbocycles. The van der Waals surface area contributed by atoms with Gasteiger partial charge < -0.3 is 9.74 Å². The lowest BCUT2D eigenvalue weighted by molar-refractivity contribution is 0.0650. The van der Waals surface area contributed by atoms with E-state index in [1.165, 1.54) is 12.1 Å². The molecule has 104 valence electrons. The number of hydrogen-bond acceptors (Lipinski definition) is 3. The van der Waals surface area contributed by atoms with Gasteiger partial charge in [0.2, 0.25) is 0 Å². The summed E-state index contributed by atoms with van der Waals surface area (Å²) in [5, 5.41) is 0. The van der Waals surface area contributed by atoms with Crippen LogP contribution in [-0.2, 0) is 4.84 Å². The van der Waals surface area contributed by atoms with Gasteiger partial charge in [0.15, 0.2) is 0 Å². The van der Waals surface area contributed by atoms with Crippen molar-refractivity contribution in [3.63, 3.8) is 0 Å². The first-order valence-electron chi connectivity index (χ1n) is 6.57. The van der Waals surface area contributed by atoms with Crippen molar-refractivity contribution in [2.75, 3.05) is 19.7 Å². The number of carbonyl (C=O) groups is 1. The average molecular weight is 266 g/mol. The molecule has 1 saturated heterocycles. The average Bonchev–Trinajstić information content (AvgIpc) is 2.45. The van der Waals surface area contributed by atoms with Gasteiger partial charge in [0.25, 0.3) is 5.91 Å². The third-order valence-electron chi connectivity index (χ3n) is 3.62. The zero-order valence-corrected chi connectivity index (χ0v) is 10.8. The number of nitrogens with two attached hydrogens (primary N) is 1. The molecular formula is C14H19FN2O2. The van der Waals surface area contributed by atoms with E-state index in [0.717, 1.165) is 19.3 Å². The highest BCUT2D eigenvalue weighted by molar-refractivity contribution is 5.94. The summed E-state index contributed by atoms with van der Waals surface area (Å²) in [7, 11) is 0. The van der Waals surface area contributed by atoms with Gasteiger partial charge in [-0.25, -0.2) is 10.3 Å². The lowest BCUT2D eigenvalue weighted by atomic mass is 9.93. The molecular weight excluding hydrogens is 247 g/mol. The molecule has 0 unspecified atom stereocenters. The summed E-state index contributed by atoms with van der Waals surface area (Å²) in [5.41, 5.74) is 0.420. The van der Waals surface area contributed by atoms with E-state index in [-0.39, 0.29) is 11.7 Å². The zero-order chi connectivity index (χ0) is 13.7. The summed E-state index contributed by atoms with van der Waals surface area (Å²) in [6, 6.07) is 5.85. The largest absolute Gasteiger partial charge is 0.339 e. The molecule has 0 spiro atoms. The molecule has 1 fully saturated rings. The summed E-state index contributed by atoms with van der Waals surface area (Å²) < 4.78 is 13.1. The lowest BCUT2D eigenvalue weighted by Gasteiger charge is -2.32. The molecule has 0 atom stereocenters. The van der Waals surface area contributed by atoms with Crippen LogP contribution in [0.15, 0.2) is 24.3 Å². The molecule has 1 amide bonds. The van der Waals surface area contributed by atoms with Gasteiger partial charge in [-0.3, -0.25) is 4.79 Å². The Morgan fingerprint density at radius 2 is 2.16 bits per heavy atom. The first-order chi connectivity index (χ1) is 9.20. The van der Waals surface area contributed by atoms with Crippen molar-refractivity contribution >= 4 is 5.91 Å². The fraction of sp³-hybridized carbons (Fsp3) is 0.500. The number of hydrogen-bond donors (Lipinski definition) is 1. The number of piperidine rings is 1. The number of nitrogens with zero attached hydrogens (tertiary/aromatic N) is 1. The second-order valence-corrected chi connectivity index (χ2v) is 4.91. The van der Waals surface area contributed by atoms with Crippen LogP contribution in [0.2, 0.25) is 0 Å². The number of halogens is 1. The summed E-state index contributed by atoms with van der Waals surface area (Å²) in [4.78, 5) is 18.6. The Kier molecular flexibility index (Phi) is 4.87. The van der Waals surface area contributed by atoms with Gasteiger partial charge in [-0.15, -0.1) is 0 Å². The predicted octanol–water partition coefficient (Wildman–Crippen LogP) is 1.96. The van der Waals surface area contributed by atoms with E-state index in [1.54, 1.807) is 17.0 Å². The standard InChI is InChI=1S/C14H19FN2O2/c15-13-3-1-2-12(10-13)14(18)17-7-4-11(5-8-17)6-9-19-16/h1-3,10-11H,4-9,16H2. The zero-order valence-electron chi connectivity index (χ0n) is 10.8. The Morgan fingerprint density at radius 3 is 2.79 bits per heavy atom. The molecule has 4 nitrogen and oxygen atoms in total. The van der Waals surface area contributed by atoms with Crippen LogP contribution in [0.3, 0.4) is 0 Å². The Morgan fingerprint density at radius 1 is 1.42 bits per heavy atom. The van der Waals surface area contributed by atoms with Gasteiger partial charge in [0, 0.05) is 18.7 Å². The van der Waals surface area contributed by atoms with E-state index in [4.69, 9.17) is 5.90 Å². The molecule has 1 aliphatic rings. The van der Waals surface area contributed by atoms with Crippen molar-refractivity contribution in [2.24, 2.45) is 11.8 Å². The smallest absolute Gasteiger partial charge is 0.253 e. The van der Waals surface area contributed by atoms with Crippen LogP contribution in [0.25, 0.3) is 0 Å². The molecule has 0 bridgehead atoms. The number of benzene rings is 1. The highest BCUT2D eigenvalue weighted by atomic mass is 19.1. The quantitative estimate of drug-likeness (QED) is 0.848. The van der Waals surface area contributed by atoms with E-state index in [9.17, 15) is 9.18 Å². The topological polar surface area (TPSA) is 55.6 Å². The van der Waals surface area contributed by atoms with E-state index >= 15 is 0 Å². The number of rotatable bonds is 4. The lowest BCUT2D eigenvalue weighted by Crippen LogP contribution is -2.38. The molecule has 1 aliphatic heterocycles. The van der Waals surface area contributed by atoms with Crippen molar-refractivity contribution in [1.82, 2.24) is 4.90 Å². The molecule has 1 aromatic carbocycles. The van der Waals surface area contributed by atoms with E-state index in [0.29, 0.717) is 31.2 Å². The maximum absolute atomic E-state index is 13.1. The molecule has 2 N–H and O–H groups in total. The fourth-order valence-corrected chi connectivity index (χ4v) is 2.46. The molecule has 5 heteroatoms. The van der Waals surface area contributed by atoms with Crippen LogP contribution in [0.1, 0.15) is 29.6 Å². The molecule has 1 heterocycles. The van der Waals surface area contributed by atoms with E-state index < -0.39 is 0 Å². The second-order valence-electron chi connectivity index (χ2n) is 4.91. The number of likely N-dealkylation sites (tertiary alicyclic amines) is 1. The summed E-state index contributed by atoms with van der Waals surface area (Å²) in [6.45, 7) is 1.98. The van der Waals surface area contributed by atoms with Crippen molar-refractivity contribution in [1.29, 1.82) is 0 Å². The highest BCUT2D eigenvalue weighted by Crippen LogP contribution is 2.21. The maximum Gasteiger partial charge on any atom is 0.253 e.